The predicted molar refractivity (Wildman–Crippen MR) is 119 cm³/mol. The highest BCUT2D eigenvalue weighted by Gasteiger charge is 2.07. The van der Waals surface area contributed by atoms with Crippen molar-refractivity contribution < 1.29 is 14.3 Å². The predicted octanol–water partition coefficient (Wildman–Crippen LogP) is 3.77. The van der Waals surface area contributed by atoms with Gasteiger partial charge in [0.05, 0.1) is 30.7 Å². The Balaban J connectivity index is 1.35. The topological polar surface area (TPSA) is 77.7 Å². The number of fused-ring (bicyclic) bond motifs is 1. The largest absolute Gasteiger partial charge is 0.493 e. The molecule has 4 rings (SSSR count). The Kier molecular flexibility index (Phi) is 6.23. The number of carbonyl (C=O) groups is 1. The highest BCUT2D eigenvalue weighted by atomic mass is 16.5. The van der Waals surface area contributed by atoms with E-state index in [1.54, 1.807) is 30.3 Å². The van der Waals surface area contributed by atoms with Gasteiger partial charge in [-0.2, -0.15) is 5.10 Å². The van der Waals surface area contributed by atoms with Gasteiger partial charge in [0.1, 0.15) is 13.2 Å². The first-order valence-corrected chi connectivity index (χ1v) is 9.79. The van der Waals surface area contributed by atoms with E-state index in [4.69, 9.17) is 9.47 Å². The van der Waals surface area contributed by atoms with E-state index >= 15 is 0 Å². The lowest BCUT2D eigenvalue weighted by atomic mass is 10.2. The monoisotopic (exact) mass is 414 g/mol. The first-order chi connectivity index (χ1) is 15.2. The van der Waals surface area contributed by atoms with Gasteiger partial charge in [-0.25, -0.2) is 10.4 Å². The van der Waals surface area contributed by atoms with Crippen LogP contribution in [-0.2, 0) is 17.9 Å². The number of nitrogens with one attached hydrogen (secondary N) is 1. The van der Waals surface area contributed by atoms with Crippen molar-refractivity contribution in [1.29, 1.82) is 0 Å². The third-order valence-corrected chi connectivity index (χ3v) is 4.67. The first-order valence-electron chi connectivity index (χ1n) is 9.79. The number of nitrogens with zero attached hydrogens (tertiary/aromatic N) is 3. The van der Waals surface area contributed by atoms with Crippen LogP contribution in [0.15, 0.2) is 84.2 Å². The second-order valence-corrected chi connectivity index (χ2v) is 6.84. The van der Waals surface area contributed by atoms with Crippen molar-refractivity contribution in [2.24, 2.45) is 5.10 Å². The molecule has 0 saturated carbocycles. The molecule has 0 spiro atoms. The van der Waals surface area contributed by atoms with Crippen LogP contribution in [0.3, 0.4) is 0 Å². The number of carbonyl (C=O) groups excluding carboxylic acids is 1. The Hall–Kier alpha value is -4.13. The fourth-order valence-electron chi connectivity index (χ4n) is 3.12. The molecule has 3 aromatic carbocycles. The number of hydrogen-bond acceptors (Lipinski definition) is 5. The van der Waals surface area contributed by atoms with Gasteiger partial charge in [-0.1, -0.05) is 42.5 Å². The molecule has 156 valence electrons. The number of ether oxygens (including phenoxy) is 2. The van der Waals surface area contributed by atoms with E-state index < -0.39 is 0 Å². The van der Waals surface area contributed by atoms with Gasteiger partial charge in [-0.05, 0) is 41.5 Å². The summed E-state index contributed by atoms with van der Waals surface area (Å²) in [5.41, 5.74) is 6.14. The molecule has 0 aliphatic carbocycles. The molecule has 31 heavy (non-hydrogen) atoms. The summed E-state index contributed by atoms with van der Waals surface area (Å²) < 4.78 is 13.1. The van der Waals surface area contributed by atoms with E-state index in [1.807, 2.05) is 66.7 Å². The zero-order valence-electron chi connectivity index (χ0n) is 17.1. The van der Waals surface area contributed by atoms with E-state index in [1.165, 1.54) is 0 Å². The molecule has 0 fully saturated rings. The lowest BCUT2D eigenvalue weighted by Gasteiger charge is -2.11. The molecule has 0 bridgehead atoms. The Labute approximate surface area is 179 Å². The van der Waals surface area contributed by atoms with Crippen molar-refractivity contribution in [3.8, 4) is 11.5 Å². The third kappa shape index (κ3) is 5.08. The number of imidazole rings is 1. The normalized spacial score (nSPS) is 11.0. The van der Waals surface area contributed by atoms with Crippen LogP contribution in [0.25, 0.3) is 11.0 Å². The van der Waals surface area contributed by atoms with Crippen LogP contribution < -0.4 is 14.9 Å². The number of amides is 1. The molecule has 1 amide bonds. The van der Waals surface area contributed by atoms with Crippen molar-refractivity contribution in [3.63, 3.8) is 0 Å². The Morgan fingerprint density at radius 1 is 1.06 bits per heavy atom. The molecule has 1 N–H and O–H groups in total. The number of hydrogen-bond donors (Lipinski definition) is 1. The molecule has 1 aromatic heterocycles. The summed E-state index contributed by atoms with van der Waals surface area (Å²) >= 11 is 0. The minimum absolute atomic E-state index is 0.132. The van der Waals surface area contributed by atoms with E-state index in [9.17, 15) is 4.79 Å². The molecule has 0 radical (unpaired) electrons. The van der Waals surface area contributed by atoms with Crippen LogP contribution in [0.1, 0.15) is 11.1 Å². The van der Waals surface area contributed by atoms with Crippen molar-refractivity contribution >= 4 is 23.2 Å². The third-order valence-electron chi connectivity index (χ3n) is 4.67. The van der Waals surface area contributed by atoms with Crippen molar-refractivity contribution in [2.45, 2.75) is 13.2 Å². The Morgan fingerprint density at radius 2 is 1.87 bits per heavy atom. The summed E-state index contributed by atoms with van der Waals surface area (Å²) in [6.07, 6.45) is 3.21. The number of benzene rings is 3. The maximum atomic E-state index is 12.2. The van der Waals surface area contributed by atoms with Gasteiger partial charge in [0, 0.05) is 0 Å². The molecular weight excluding hydrogens is 392 g/mol. The molecule has 0 saturated heterocycles. The van der Waals surface area contributed by atoms with Crippen LogP contribution >= 0.6 is 0 Å². The molecule has 0 unspecified atom stereocenters. The van der Waals surface area contributed by atoms with Crippen LogP contribution in [0.5, 0.6) is 11.5 Å². The van der Waals surface area contributed by atoms with Crippen LogP contribution in [0.4, 0.5) is 0 Å². The van der Waals surface area contributed by atoms with Crippen molar-refractivity contribution in [3.05, 3.63) is 90.3 Å². The Morgan fingerprint density at radius 3 is 2.71 bits per heavy atom. The van der Waals surface area contributed by atoms with Gasteiger partial charge in [0.2, 0.25) is 0 Å². The highest BCUT2D eigenvalue weighted by molar-refractivity contribution is 5.84. The molecule has 7 nitrogen and oxygen atoms in total. The standard InChI is InChI=1S/C24H22N4O3/c1-30-23-13-19(11-12-22(23)31-16-18-7-3-2-4-8-18)14-26-27-24(29)15-28-17-25-20-9-5-6-10-21(20)28/h2-14,17H,15-16H2,1H3,(H,27,29)/b26-14+. The van der Waals surface area contributed by atoms with Gasteiger partial charge >= 0.3 is 0 Å². The number of hydrazone groups is 1. The fourth-order valence-corrected chi connectivity index (χ4v) is 3.12. The maximum Gasteiger partial charge on any atom is 0.260 e. The molecule has 4 aromatic rings. The maximum absolute atomic E-state index is 12.2. The van der Waals surface area contributed by atoms with Crippen molar-refractivity contribution in [2.75, 3.05) is 7.11 Å². The zero-order chi connectivity index (χ0) is 21.5. The SMILES string of the molecule is COc1cc(/C=N/NC(=O)Cn2cnc3ccccc32)ccc1OCc1ccccc1. The van der Waals surface area contributed by atoms with Crippen LogP contribution in [0, 0.1) is 0 Å². The summed E-state index contributed by atoms with van der Waals surface area (Å²) in [6, 6.07) is 23.0. The number of para-hydroxylation sites is 2. The van der Waals surface area contributed by atoms with Gasteiger partial charge < -0.3 is 14.0 Å². The molecule has 1 heterocycles. The van der Waals surface area contributed by atoms with Crippen LogP contribution in [0.2, 0.25) is 0 Å². The molecular formula is C24H22N4O3. The summed E-state index contributed by atoms with van der Waals surface area (Å²) in [4.78, 5) is 16.5. The van der Waals surface area contributed by atoms with Crippen LogP contribution in [-0.4, -0.2) is 28.8 Å². The molecule has 0 aliphatic heterocycles. The second kappa shape index (κ2) is 9.58. The number of methoxy groups -OCH3 is 1. The van der Waals surface area contributed by atoms with E-state index in [-0.39, 0.29) is 12.5 Å². The van der Waals surface area contributed by atoms with Crippen molar-refractivity contribution in [1.82, 2.24) is 15.0 Å². The van der Waals surface area contributed by atoms with E-state index in [2.05, 4.69) is 15.5 Å². The van der Waals surface area contributed by atoms with Gasteiger partial charge in [0.25, 0.3) is 5.91 Å². The summed E-state index contributed by atoms with van der Waals surface area (Å²) in [7, 11) is 1.59. The first kappa shape index (κ1) is 20.2. The minimum Gasteiger partial charge on any atom is -0.493 e. The summed E-state index contributed by atoms with van der Waals surface area (Å²) in [6.45, 7) is 0.580. The number of aromatic nitrogens is 2. The van der Waals surface area contributed by atoms with E-state index in [0.29, 0.717) is 18.1 Å². The average Bonchev–Trinajstić information content (AvgIpc) is 3.21. The highest BCUT2D eigenvalue weighted by Crippen LogP contribution is 2.28. The minimum atomic E-state index is -0.241. The second-order valence-electron chi connectivity index (χ2n) is 6.84. The van der Waals surface area contributed by atoms with Gasteiger partial charge in [0.15, 0.2) is 11.5 Å². The summed E-state index contributed by atoms with van der Waals surface area (Å²) in [5, 5.41) is 4.05. The van der Waals surface area contributed by atoms with Gasteiger partial charge in [-0.15, -0.1) is 0 Å². The number of rotatable bonds is 8. The zero-order valence-corrected chi connectivity index (χ0v) is 17.1. The fraction of sp³-hybridized carbons (Fsp3) is 0.125. The van der Waals surface area contributed by atoms with Gasteiger partial charge in [-0.3, -0.25) is 4.79 Å². The summed E-state index contributed by atoms with van der Waals surface area (Å²) in [5.74, 6) is 0.991. The van der Waals surface area contributed by atoms with E-state index in [0.717, 1.165) is 22.2 Å². The smallest absolute Gasteiger partial charge is 0.260 e. The Bertz CT molecular complexity index is 1200. The molecule has 0 aliphatic rings. The lowest BCUT2D eigenvalue weighted by Crippen LogP contribution is -2.22. The molecule has 0 atom stereocenters. The molecule has 7 heteroatoms. The lowest BCUT2D eigenvalue weighted by molar-refractivity contribution is -0.121. The average molecular weight is 414 g/mol. The quantitative estimate of drug-likeness (QED) is 0.352.